The van der Waals surface area contributed by atoms with Gasteiger partial charge in [-0.3, -0.25) is 0 Å². The van der Waals surface area contributed by atoms with E-state index in [2.05, 4.69) is 25.2 Å². The molecule has 0 heterocycles. The van der Waals surface area contributed by atoms with Gasteiger partial charge in [0.2, 0.25) is 0 Å². The predicted molar refractivity (Wildman–Crippen MR) is 70.2 cm³/mol. The number of hydrogen-bond acceptors (Lipinski definition) is 2. The molecule has 0 amide bonds. The van der Waals surface area contributed by atoms with Crippen LogP contribution in [0.25, 0.3) is 6.08 Å². The van der Waals surface area contributed by atoms with Gasteiger partial charge in [-0.1, -0.05) is 43.7 Å². The maximum absolute atomic E-state index is 6.02. The molecule has 1 aromatic carbocycles. The first-order valence-corrected chi connectivity index (χ1v) is 5.74. The fraction of sp³-hybridized carbons (Fsp3) is 0.385. The van der Waals surface area contributed by atoms with Gasteiger partial charge in [-0.2, -0.15) is 0 Å². The minimum absolute atomic E-state index is 0.504. The number of ether oxygens (including phenoxy) is 1. The molecule has 1 rings (SSSR count). The van der Waals surface area contributed by atoms with Crippen LogP contribution in [0.15, 0.2) is 24.3 Å². The fourth-order valence-electron chi connectivity index (χ4n) is 1.29. The van der Waals surface area contributed by atoms with Gasteiger partial charge >= 0.3 is 0 Å². The van der Waals surface area contributed by atoms with E-state index in [0.717, 1.165) is 12.1 Å². The van der Waals surface area contributed by atoms with Crippen LogP contribution in [0.3, 0.4) is 0 Å². The molecular formula is C13H18ClNO. The number of nitrogens with one attached hydrogen (secondary N) is 1. The van der Waals surface area contributed by atoms with Crippen LogP contribution in [-0.2, 0) is 0 Å². The Morgan fingerprint density at radius 2 is 2.19 bits per heavy atom. The molecule has 0 atom stereocenters. The summed E-state index contributed by atoms with van der Waals surface area (Å²) < 4.78 is 5.09. The zero-order valence-corrected chi connectivity index (χ0v) is 10.7. The van der Waals surface area contributed by atoms with Crippen LogP contribution < -0.4 is 10.1 Å². The van der Waals surface area contributed by atoms with Crippen LogP contribution in [0.4, 0.5) is 0 Å². The van der Waals surface area contributed by atoms with Crippen molar-refractivity contribution in [1.29, 1.82) is 0 Å². The van der Waals surface area contributed by atoms with Gasteiger partial charge in [0.1, 0.15) is 5.75 Å². The van der Waals surface area contributed by atoms with Crippen LogP contribution in [0.2, 0.25) is 5.02 Å². The number of benzene rings is 1. The lowest BCUT2D eigenvalue weighted by Gasteiger charge is -2.04. The first kappa shape index (κ1) is 13.1. The van der Waals surface area contributed by atoms with Gasteiger partial charge in [-0.05, 0) is 17.7 Å². The van der Waals surface area contributed by atoms with Gasteiger partial charge in [-0.25, -0.2) is 0 Å². The maximum Gasteiger partial charge on any atom is 0.137 e. The van der Waals surface area contributed by atoms with E-state index in [1.807, 2.05) is 24.3 Å². The molecule has 0 aromatic heterocycles. The van der Waals surface area contributed by atoms with Crippen molar-refractivity contribution in [3.8, 4) is 5.75 Å². The summed E-state index contributed by atoms with van der Waals surface area (Å²) in [5, 5.41) is 3.95. The highest BCUT2D eigenvalue weighted by atomic mass is 35.5. The van der Waals surface area contributed by atoms with Gasteiger partial charge in [0.15, 0.2) is 0 Å². The van der Waals surface area contributed by atoms with Crippen molar-refractivity contribution in [1.82, 2.24) is 5.32 Å². The Morgan fingerprint density at radius 1 is 1.44 bits per heavy atom. The van der Waals surface area contributed by atoms with Crippen molar-refractivity contribution < 1.29 is 4.74 Å². The molecule has 0 aliphatic rings. The lowest BCUT2D eigenvalue weighted by molar-refractivity contribution is 0.415. The molecule has 0 aliphatic carbocycles. The molecule has 0 fully saturated rings. The minimum atomic E-state index is 0.504. The van der Waals surface area contributed by atoms with E-state index in [9.17, 15) is 0 Å². The predicted octanol–water partition coefficient (Wildman–Crippen LogP) is 3.36. The monoisotopic (exact) mass is 239 g/mol. The van der Waals surface area contributed by atoms with E-state index in [-0.39, 0.29) is 0 Å². The first-order chi connectivity index (χ1) is 7.63. The second kappa shape index (κ2) is 6.56. The summed E-state index contributed by atoms with van der Waals surface area (Å²) in [6, 6.07) is 6.25. The van der Waals surface area contributed by atoms with Crippen molar-refractivity contribution >= 4 is 17.7 Å². The molecular weight excluding hydrogens is 222 g/mol. The highest BCUT2D eigenvalue weighted by molar-refractivity contribution is 6.32. The van der Waals surface area contributed by atoms with Crippen LogP contribution >= 0.6 is 11.6 Å². The van der Waals surface area contributed by atoms with Crippen molar-refractivity contribution in [2.75, 3.05) is 13.7 Å². The standard InChI is InChI=1S/C13H18ClNO/c1-10(2)15-8-4-5-11-6-7-13(16-3)12(14)9-11/h4-7,9-10,15H,8H2,1-3H3. The largest absolute Gasteiger partial charge is 0.495 e. The Kier molecular flexibility index (Phi) is 5.36. The van der Waals surface area contributed by atoms with E-state index < -0.39 is 0 Å². The van der Waals surface area contributed by atoms with E-state index >= 15 is 0 Å². The van der Waals surface area contributed by atoms with Crippen LogP contribution in [0.1, 0.15) is 19.4 Å². The second-order valence-corrected chi connectivity index (χ2v) is 4.27. The molecule has 0 saturated heterocycles. The molecule has 0 aliphatic heterocycles. The number of hydrogen-bond donors (Lipinski definition) is 1. The summed E-state index contributed by atoms with van der Waals surface area (Å²) in [6.07, 6.45) is 4.12. The van der Waals surface area contributed by atoms with Gasteiger partial charge in [0.25, 0.3) is 0 Å². The molecule has 16 heavy (non-hydrogen) atoms. The Balaban J connectivity index is 2.57. The summed E-state index contributed by atoms with van der Waals surface area (Å²) in [7, 11) is 1.61. The second-order valence-electron chi connectivity index (χ2n) is 3.86. The van der Waals surface area contributed by atoms with E-state index in [1.54, 1.807) is 7.11 Å². The van der Waals surface area contributed by atoms with Crippen molar-refractivity contribution in [2.45, 2.75) is 19.9 Å². The van der Waals surface area contributed by atoms with Gasteiger partial charge in [0, 0.05) is 12.6 Å². The summed E-state index contributed by atoms with van der Waals surface area (Å²) in [6.45, 7) is 5.11. The third-order valence-electron chi connectivity index (χ3n) is 2.13. The quantitative estimate of drug-likeness (QED) is 0.851. The SMILES string of the molecule is COc1ccc(C=CCNC(C)C)cc1Cl. The molecule has 0 saturated carbocycles. The molecule has 1 N–H and O–H groups in total. The summed E-state index contributed by atoms with van der Waals surface area (Å²) in [5.74, 6) is 0.708. The summed E-state index contributed by atoms with van der Waals surface area (Å²) in [5.41, 5.74) is 1.08. The molecule has 0 unspecified atom stereocenters. The number of rotatable bonds is 5. The zero-order chi connectivity index (χ0) is 12.0. The van der Waals surface area contributed by atoms with Crippen molar-refractivity contribution in [3.05, 3.63) is 34.9 Å². The molecule has 0 spiro atoms. The minimum Gasteiger partial charge on any atom is -0.495 e. The van der Waals surface area contributed by atoms with E-state index in [4.69, 9.17) is 16.3 Å². The Labute approximate surface area is 102 Å². The van der Waals surface area contributed by atoms with Gasteiger partial charge in [0.05, 0.1) is 12.1 Å². The molecule has 2 nitrogen and oxygen atoms in total. The van der Waals surface area contributed by atoms with Crippen LogP contribution in [-0.4, -0.2) is 19.7 Å². The van der Waals surface area contributed by atoms with E-state index in [0.29, 0.717) is 16.8 Å². The normalized spacial score (nSPS) is 11.3. The summed E-state index contributed by atoms with van der Waals surface area (Å²) in [4.78, 5) is 0. The zero-order valence-electron chi connectivity index (χ0n) is 9.96. The highest BCUT2D eigenvalue weighted by Gasteiger charge is 1.99. The first-order valence-electron chi connectivity index (χ1n) is 5.37. The average Bonchev–Trinajstić information content (AvgIpc) is 2.24. The third-order valence-corrected chi connectivity index (χ3v) is 2.43. The number of methoxy groups -OCH3 is 1. The lowest BCUT2D eigenvalue weighted by Crippen LogP contribution is -2.22. The molecule has 1 aromatic rings. The number of halogens is 1. The van der Waals surface area contributed by atoms with Crippen LogP contribution in [0.5, 0.6) is 5.75 Å². The average molecular weight is 240 g/mol. The van der Waals surface area contributed by atoms with E-state index in [1.165, 1.54) is 0 Å². The summed E-state index contributed by atoms with van der Waals surface area (Å²) >= 11 is 6.02. The van der Waals surface area contributed by atoms with Gasteiger partial charge in [-0.15, -0.1) is 0 Å². The topological polar surface area (TPSA) is 21.3 Å². The molecule has 3 heteroatoms. The van der Waals surface area contributed by atoms with Gasteiger partial charge < -0.3 is 10.1 Å². The molecule has 88 valence electrons. The maximum atomic E-state index is 6.02. The fourth-order valence-corrected chi connectivity index (χ4v) is 1.55. The van der Waals surface area contributed by atoms with Crippen molar-refractivity contribution in [2.24, 2.45) is 0 Å². The highest BCUT2D eigenvalue weighted by Crippen LogP contribution is 2.25. The Morgan fingerprint density at radius 3 is 2.75 bits per heavy atom. The Bertz CT molecular complexity index is 361. The van der Waals surface area contributed by atoms with Crippen LogP contribution in [0, 0.1) is 0 Å². The third kappa shape index (κ3) is 4.25. The molecule has 0 bridgehead atoms. The molecule has 0 radical (unpaired) electrons. The van der Waals surface area contributed by atoms with Crippen molar-refractivity contribution in [3.63, 3.8) is 0 Å². The Hall–Kier alpha value is -0.990. The smallest absolute Gasteiger partial charge is 0.137 e. The lowest BCUT2D eigenvalue weighted by atomic mass is 10.2.